The summed E-state index contributed by atoms with van der Waals surface area (Å²) in [5.74, 6) is 0. The molecule has 1 N–H and O–H groups in total. The summed E-state index contributed by atoms with van der Waals surface area (Å²) >= 11 is 0. The molecular formula is C12H14N2O. The van der Waals surface area contributed by atoms with Gasteiger partial charge in [0.2, 0.25) is 0 Å². The van der Waals surface area contributed by atoms with Crippen LogP contribution in [-0.2, 0) is 4.74 Å². The normalized spacial score (nSPS) is 17.7. The maximum absolute atomic E-state index is 9.05. The fourth-order valence-electron chi connectivity index (χ4n) is 1.68. The maximum Gasteiger partial charge on any atom is 0.172 e. The molecule has 0 unspecified atom stereocenters. The van der Waals surface area contributed by atoms with Crippen LogP contribution in [-0.4, -0.2) is 18.8 Å². The number of nitrogens with zero attached hydrogens (tertiary/aromatic N) is 1. The van der Waals surface area contributed by atoms with Gasteiger partial charge in [-0.1, -0.05) is 17.7 Å². The molecule has 2 rings (SSSR count). The highest BCUT2D eigenvalue weighted by molar-refractivity contribution is 5.55. The van der Waals surface area contributed by atoms with Crippen LogP contribution in [0.3, 0.4) is 0 Å². The van der Waals surface area contributed by atoms with E-state index in [0.717, 1.165) is 11.3 Å². The number of rotatable bonds is 2. The minimum atomic E-state index is -0.514. The van der Waals surface area contributed by atoms with E-state index in [1.54, 1.807) is 0 Å². The Kier molecular flexibility index (Phi) is 2.37. The lowest BCUT2D eigenvalue weighted by molar-refractivity contribution is -0.0132. The highest BCUT2D eigenvalue weighted by atomic mass is 16.5. The maximum atomic E-state index is 9.05. The Bertz CT molecular complexity index is 416. The number of aryl methyl sites for hydroxylation is 2. The second-order valence-corrected chi connectivity index (χ2v) is 4.13. The van der Waals surface area contributed by atoms with Gasteiger partial charge in [0, 0.05) is 5.69 Å². The molecule has 1 aliphatic heterocycles. The van der Waals surface area contributed by atoms with Crippen molar-refractivity contribution in [1.82, 2.24) is 0 Å². The summed E-state index contributed by atoms with van der Waals surface area (Å²) in [5.41, 5.74) is 2.90. The molecule has 15 heavy (non-hydrogen) atoms. The van der Waals surface area contributed by atoms with Crippen molar-refractivity contribution in [3.8, 4) is 6.07 Å². The third-order valence-corrected chi connectivity index (χ3v) is 2.67. The van der Waals surface area contributed by atoms with Gasteiger partial charge in [0.25, 0.3) is 0 Å². The number of hydrogen-bond acceptors (Lipinski definition) is 3. The first kappa shape index (κ1) is 10.0. The monoisotopic (exact) mass is 202 g/mol. The first-order valence-electron chi connectivity index (χ1n) is 5.00. The molecule has 0 spiro atoms. The molecule has 0 aromatic heterocycles. The van der Waals surface area contributed by atoms with Crippen molar-refractivity contribution >= 4 is 5.69 Å². The summed E-state index contributed by atoms with van der Waals surface area (Å²) in [4.78, 5) is 0. The molecule has 0 bridgehead atoms. The average molecular weight is 202 g/mol. The summed E-state index contributed by atoms with van der Waals surface area (Å²) in [5, 5.41) is 12.3. The Morgan fingerprint density at radius 1 is 1.40 bits per heavy atom. The number of anilines is 1. The first-order valence-corrected chi connectivity index (χ1v) is 5.00. The average Bonchev–Trinajstić information content (AvgIpc) is 2.14. The lowest BCUT2D eigenvalue weighted by Gasteiger charge is -2.36. The van der Waals surface area contributed by atoms with Crippen LogP contribution in [0.25, 0.3) is 0 Å². The van der Waals surface area contributed by atoms with Crippen LogP contribution < -0.4 is 5.32 Å². The third kappa shape index (κ3) is 1.81. The second kappa shape index (κ2) is 3.56. The summed E-state index contributed by atoms with van der Waals surface area (Å²) in [6.45, 7) is 5.04. The Labute approximate surface area is 89.7 Å². The molecule has 1 fully saturated rings. The van der Waals surface area contributed by atoms with Gasteiger partial charge < -0.3 is 10.1 Å². The van der Waals surface area contributed by atoms with Crippen LogP contribution in [0.5, 0.6) is 0 Å². The standard InChI is InChI=1S/C12H14N2O/c1-9-3-4-11(10(2)5-9)14-12(6-13)7-15-8-12/h3-5,14H,7-8H2,1-2H3. The molecule has 1 heterocycles. The number of nitriles is 1. The topological polar surface area (TPSA) is 45.0 Å². The SMILES string of the molecule is Cc1ccc(NC2(C#N)COC2)c(C)c1. The number of benzene rings is 1. The Morgan fingerprint density at radius 2 is 2.13 bits per heavy atom. The van der Waals surface area contributed by atoms with Crippen molar-refractivity contribution in [2.45, 2.75) is 19.4 Å². The zero-order chi connectivity index (χ0) is 10.9. The van der Waals surface area contributed by atoms with Crippen LogP contribution in [0, 0.1) is 25.2 Å². The van der Waals surface area contributed by atoms with E-state index in [0.29, 0.717) is 13.2 Å². The predicted molar refractivity (Wildman–Crippen MR) is 58.7 cm³/mol. The molecule has 3 heteroatoms. The zero-order valence-electron chi connectivity index (χ0n) is 9.00. The highest BCUT2D eigenvalue weighted by Crippen LogP contribution is 2.25. The molecule has 0 radical (unpaired) electrons. The van der Waals surface area contributed by atoms with E-state index in [4.69, 9.17) is 10.00 Å². The van der Waals surface area contributed by atoms with Crippen LogP contribution in [0.2, 0.25) is 0 Å². The van der Waals surface area contributed by atoms with Crippen molar-refractivity contribution in [3.63, 3.8) is 0 Å². The molecule has 78 valence electrons. The van der Waals surface area contributed by atoms with Crippen molar-refractivity contribution in [2.24, 2.45) is 0 Å². The van der Waals surface area contributed by atoms with Gasteiger partial charge in [-0.2, -0.15) is 5.26 Å². The zero-order valence-corrected chi connectivity index (χ0v) is 9.00. The van der Waals surface area contributed by atoms with E-state index >= 15 is 0 Å². The number of ether oxygens (including phenoxy) is 1. The van der Waals surface area contributed by atoms with Gasteiger partial charge in [-0.15, -0.1) is 0 Å². The number of nitrogens with one attached hydrogen (secondary N) is 1. The van der Waals surface area contributed by atoms with E-state index in [9.17, 15) is 0 Å². The van der Waals surface area contributed by atoms with Gasteiger partial charge in [0.15, 0.2) is 5.54 Å². The van der Waals surface area contributed by atoms with Crippen LogP contribution in [0.1, 0.15) is 11.1 Å². The van der Waals surface area contributed by atoms with Gasteiger partial charge in [-0.25, -0.2) is 0 Å². The minimum absolute atomic E-state index is 0.469. The highest BCUT2D eigenvalue weighted by Gasteiger charge is 2.39. The Balaban J connectivity index is 2.21. The van der Waals surface area contributed by atoms with E-state index in [2.05, 4.69) is 24.4 Å². The van der Waals surface area contributed by atoms with Gasteiger partial charge in [0.1, 0.15) is 0 Å². The van der Waals surface area contributed by atoms with Crippen molar-refractivity contribution in [1.29, 1.82) is 5.26 Å². The number of hydrogen-bond donors (Lipinski definition) is 1. The molecule has 0 amide bonds. The minimum Gasteiger partial charge on any atom is -0.374 e. The van der Waals surface area contributed by atoms with Gasteiger partial charge >= 0.3 is 0 Å². The lowest BCUT2D eigenvalue weighted by Crippen LogP contribution is -2.54. The van der Waals surface area contributed by atoms with Crippen molar-refractivity contribution in [2.75, 3.05) is 18.5 Å². The molecular weight excluding hydrogens is 188 g/mol. The molecule has 1 aromatic rings. The van der Waals surface area contributed by atoms with Gasteiger partial charge in [-0.05, 0) is 25.5 Å². The molecule has 3 nitrogen and oxygen atoms in total. The smallest absolute Gasteiger partial charge is 0.172 e. The van der Waals surface area contributed by atoms with E-state index in [1.807, 2.05) is 19.1 Å². The van der Waals surface area contributed by atoms with E-state index in [-0.39, 0.29) is 0 Å². The fourth-order valence-corrected chi connectivity index (χ4v) is 1.68. The lowest BCUT2D eigenvalue weighted by atomic mass is 9.98. The summed E-state index contributed by atoms with van der Waals surface area (Å²) in [6, 6.07) is 8.43. The Morgan fingerprint density at radius 3 is 2.60 bits per heavy atom. The molecule has 1 saturated heterocycles. The Hall–Kier alpha value is -1.53. The first-order chi connectivity index (χ1) is 7.15. The van der Waals surface area contributed by atoms with Crippen LogP contribution in [0.4, 0.5) is 5.69 Å². The molecule has 1 aliphatic rings. The summed E-state index contributed by atoms with van der Waals surface area (Å²) < 4.78 is 5.08. The van der Waals surface area contributed by atoms with E-state index < -0.39 is 5.54 Å². The molecule has 1 aromatic carbocycles. The van der Waals surface area contributed by atoms with Gasteiger partial charge in [-0.3, -0.25) is 0 Å². The predicted octanol–water partition coefficient (Wildman–Crippen LogP) is 2.01. The largest absolute Gasteiger partial charge is 0.374 e. The van der Waals surface area contributed by atoms with Gasteiger partial charge in [0.05, 0.1) is 19.3 Å². The van der Waals surface area contributed by atoms with Crippen molar-refractivity contribution < 1.29 is 4.74 Å². The third-order valence-electron chi connectivity index (χ3n) is 2.67. The summed E-state index contributed by atoms with van der Waals surface area (Å²) in [7, 11) is 0. The summed E-state index contributed by atoms with van der Waals surface area (Å²) in [6.07, 6.45) is 0. The van der Waals surface area contributed by atoms with Crippen LogP contribution in [0.15, 0.2) is 18.2 Å². The second-order valence-electron chi connectivity index (χ2n) is 4.13. The molecule has 0 aliphatic carbocycles. The van der Waals surface area contributed by atoms with E-state index in [1.165, 1.54) is 5.56 Å². The van der Waals surface area contributed by atoms with Crippen LogP contribution >= 0.6 is 0 Å². The molecule has 0 atom stereocenters. The quantitative estimate of drug-likeness (QED) is 0.797. The molecule has 0 saturated carbocycles. The van der Waals surface area contributed by atoms with Crippen molar-refractivity contribution in [3.05, 3.63) is 29.3 Å². The fraction of sp³-hybridized carbons (Fsp3) is 0.417.